The average Bonchev–Trinajstić information content (AvgIpc) is 3.01. The number of nitrogens with zero attached hydrogens (tertiary/aromatic N) is 4. The summed E-state index contributed by atoms with van der Waals surface area (Å²) >= 11 is 0. The summed E-state index contributed by atoms with van der Waals surface area (Å²) in [5.74, 6) is 0.0501. The molecule has 1 fully saturated rings. The fourth-order valence-electron chi connectivity index (χ4n) is 2.38. The molecule has 0 aliphatic carbocycles. The van der Waals surface area contributed by atoms with Gasteiger partial charge in [0.1, 0.15) is 24.1 Å². The lowest BCUT2D eigenvalue weighted by Gasteiger charge is -2.21. The van der Waals surface area contributed by atoms with Gasteiger partial charge in [-0.25, -0.2) is 23.9 Å². The fourth-order valence-corrected chi connectivity index (χ4v) is 2.78. The third-order valence-corrected chi connectivity index (χ3v) is 3.91. The van der Waals surface area contributed by atoms with Gasteiger partial charge in [-0.2, -0.15) is 0 Å². The van der Waals surface area contributed by atoms with Crippen LogP contribution in [0.1, 0.15) is 6.23 Å². The Morgan fingerprint density at radius 2 is 2.12 bits per heavy atom. The van der Waals surface area contributed by atoms with Crippen LogP contribution >= 0.6 is 7.82 Å². The standard InChI is InChI=1S/C10H13FN5O7P/c11-3-5(17)6(10(18)23-24(19,20)21)22-9(3)16-2-15-4-7(12)13-1-14-8(4)16/h1-3,5-6,9-10,17-18H,(H2,12,13,14)(H2,19,20,21)/t3-,5-,6-,9+,10?/m0/s1. The molecule has 14 heteroatoms. The number of rotatable bonds is 4. The second-order valence-corrected chi connectivity index (χ2v) is 6.19. The molecule has 0 radical (unpaired) electrons. The minimum Gasteiger partial charge on any atom is -0.387 e. The molecule has 12 nitrogen and oxygen atoms in total. The van der Waals surface area contributed by atoms with E-state index < -0.39 is 38.7 Å². The first kappa shape index (κ1) is 17.1. The van der Waals surface area contributed by atoms with Crippen molar-refractivity contribution >= 4 is 24.8 Å². The molecule has 1 unspecified atom stereocenters. The van der Waals surface area contributed by atoms with Gasteiger partial charge in [-0.05, 0) is 0 Å². The Kier molecular flexibility index (Phi) is 4.25. The topological polar surface area (TPSA) is 186 Å². The van der Waals surface area contributed by atoms with Crippen LogP contribution in [0.25, 0.3) is 11.2 Å². The van der Waals surface area contributed by atoms with Crippen molar-refractivity contribution in [3.8, 4) is 0 Å². The number of aliphatic hydroxyl groups is 2. The van der Waals surface area contributed by atoms with E-state index in [0.717, 1.165) is 17.2 Å². The first-order valence-corrected chi connectivity index (χ1v) is 8.04. The van der Waals surface area contributed by atoms with E-state index in [0.29, 0.717) is 0 Å². The highest BCUT2D eigenvalue weighted by molar-refractivity contribution is 7.46. The molecule has 0 saturated carbocycles. The van der Waals surface area contributed by atoms with Gasteiger partial charge in [0, 0.05) is 0 Å². The number of aromatic nitrogens is 4. The molecule has 0 aromatic carbocycles. The summed E-state index contributed by atoms with van der Waals surface area (Å²) in [5, 5.41) is 19.4. The van der Waals surface area contributed by atoms with Gasteiger partial charge in [0.2, 0.25) is 0 Å². The van der Waals surface area contributed by atoms with Gasteiger partial charge < -0.3 is 30.5 Å². The predicted molar refractivity (Wildman–Crippen MR) is 73.7 cm³/mol. The van der Waals surface area contributed by atoms with E-state index in [4.69, 9.17) is 20.3 Å². The van der Waals surface area contributed by atoms with E-state index in [2.05, 4.69) is 19.5 Å². The Bertz CT molecular complexity index is 799. The Morgan fingerprint density at radius 3 is 2.79 bits per heavy atom. The molecule has 1 aliphatic heterocycles. The Balaban J connectivity index is 1.89. The summed E-state index contributed by atoms with van der Waals surface area (Å²) in [4.78, 5) is 28.9. The largest absolute Gasteiger partial charge is 0.472 e. The third kappa shape index (κ3) is 2.98. The number of phosphoric acid groups is 1. The number of halogens is 1. The van der Waals surface area contributed by atoms with Crippen LogP contribution in [-0.2, 0) is 13.8 Å². The summed E-state index contributed by atoms with van der Waals surface area (Å²) in [6.45, 7) is 0. The second kappa shape index (κ2) is 5.97. The SMILES string of the molecule is Nc1ncnc2c1ncn2[C@@H]1O[C@H](C(O)OP(=O)(O)O)[C@@H](O)[C@@H]1F. The first-order valence-electron chi connectivity index (χ1n) is 6.51. The third-order valence-electron chi connectivity index (χ3n) is 3.42. The number of alkyl halides is 1. The molecule has 3 rings (SSSR count). The van der Waals surface area contributed by atoms with Crippen LogP contribution in [0.15, 0.2) is 12.7 Å². The molecule has 1 saturated heterocycles. The molecule has 0 spiro atoms. The summed E-state index contributed by atoms with van der Waals surface area (Å²) in [5.41, 5.74) is 5.92. The zero-order valence-electron chi connectivity index (χ0n) is 11.7. The lowest BCUT2D eigenvalue weighted by molar-refractivity contribution is -0.160. The average molecular weight is 365 g/mol. The molecule has 2 aromatic heterocycles. The number of phosphoric ester groups is 1. The van der Waals surface area contributed by atoms with Crippen LogP contribution in [0.4, 0.5) is 10.2 Å². The number of nitrogen functional groups attached to an aromatic ring is 1. The molecule has 0 bridgehead atoms. The highest BCUT2D eigenvalue weighted by Crippen LogP contribution is 2.41. The van der Waals surface area contributed by atoms with E-state index in [1.54, 1.807) is 0 Å². The van der Waals surface area contributed by atoms with Gasteiger partial charge >= 0.3 is 7.82 Å². The number of anilines is 1. The lowest BCUT2D eigenvalue weighted by Crippen LogP contribution is -2.38. The molecular formula is C10H13FN5O7P. The van der Waals surface area contributed by atoms with E-state index in [1.165, 1.54) is 0 Å². The van der Waals surface area contributed by atoms with Gasteiger partial charge in [-0.1, -0.05) is 0 Å². The van der Waals surface area contributed by atoms with Gasteiger partial charge in [0.25, 0.3) is 0 Å². The molecular weight excluding hydrogens is 352 g/mol. The highest BCUT2D eigenvalue weighted by atomic mass is 31.2. The van der Waals surface area contributed by atoms with Crippen molar-refractivity contribution in [2.45, 2.75) is 30.9 Å². The smallest absolute Gasteiger partial charge is 0.387 e. The summed E-state index contributed by atoms with van der Waals surface area (Å²) in [7, 11) is -5.07. The number of aliphatic hydroxyl groups excluding tert-OH is 2. The van der Waals surface area contributed by atoms with E-state index >= 15 is 0 Å². The van der Waals surface area contributed by atoms with E-state index in [9.17, 15) is 19.2 Å². The van der Waals surface area contributed by atoms with Crippen LogP contribution in [0.3, 0.4) is 0 Å². The molecule has 5 atom stereocenters. The number of imidazole rings is 1. The van der Waals surface area contributed by atoms with Crippen molar-refractivity contribution in [2.24, 2.45) is 0 Å². The van der Waals surface area contributed by atoms with Crippen LogP contribution in [0, 0.1) is 0 Å². The number of hydrogen-bond donors (Lipinski definition) is 5. The van der Waals surface area contributed by atoms with E-state index in [-0.39, 0.29) is 17.0 Å². The zero-order chi connectivity index (χ0) is 17.6. The van der Waals surface area contributed by atoms with Crippen molar-refractivity contribution in [2.75, 3.05) is 5.73 Å². The van der Waals surface area contributed by atoms with Crippen molar-refractivity contribution in [1.29, 1.82) is 0 Å². The van der Waals surface area contributed by atoms with Gasteiger partial charge in [-0.15, -0.1) is 0 Å². The van der Waals surface area contributed by atoms with Crippen molar-refractivity contribution in [1.82, 2.24) is 19.5 Å². The second-order valence-electron chi connectivity index (χ2n) is 5.00. The van der Waals surface area contributed by atoms with Crippen molar-refractivity contribution in [3.05, 3.63) is 12.7 Å². The van der Waals surface area contributed by atoms with Crippen LogP contribution in [-0.4, -0.2) is 64.2 Å². The Morgan fingerprint density at radius 1 is 1.42 bits per heavy atom. The molecule has 2 aromatic rings. The maximum atomic E-state index is 14.4. The highest BCUT2D eigenvalue weighted by Gasteiger charge is 2.50. The van der Waals surface area contributed by atoms with Crippen LogP contribution < -0.4 is 5.73 Å². The maximum absolute atomic E-state index is 14.4. The predicted octanol–water partition coefficient (Wildman–Crippen LogP) is -1.57. The minimum atomic E-state index is -5.07. The number of ether oxygens (including phenoxy) is 1. The lowest BCUT2D eigenvalue weighted by atomic mass is 10.1. The van der Waals surface area contributed by atoms with Gasteiger partial charge in [0.15, 0.2) is 30.2 Å². The van der Waals surface area contributed by atoms with E-state index in [1.807, 2.05) is 0 Å². The summed E-state index contributed by atoms with van der Waals surface area (Å²) < 4.78 is 35.4. The monoisotopic (exact) mass is 365 g/mol. The van der Waals surface area contributed by atoms with Gasteiger partial charge in [0.05, 0.1) is 6.33 Å². The van der Waals surface area contributed by atoms with Crippen LogP contribution in [0.2, 0.25) is 0 Å². The van der Waals surface area contributed by atoms with Gasteiger partial charge in [-0.3, -0.25) is 9.09 Å². The fraction of sp³-hybridized carbons (Fsp3) is 0.500. The summed E-state index contributed by atoms with van der Waals surface area (Å²) in [6, 6.07) is 0. The molecule has 1 aliphatic rings. The minimum absolute atomic E-state index is 0.0501. The quantitative estimate of drug-likeness (QED) is 0.311. The van der Waals surface area contributed by atoms with Crippen LogP contribution in [0.5, 0.6) is 0 Å². The maximum Gasteiger partial charge on any atom is 0.472 e. The molecule has 0 amide bonds. The molecule has 24 heavy (non-hydrogen) atoms. The number of nitrogens with two attached hydrogens (primary N) is 1. The summed E-state index contributed by atoms with van der Waals surface area (Å²) in [6.07, 6.45) is -7.16. The number of hydrogen-bond acceptors (Lipinski definition) is 9. The molecule has 132 valence electrons. The van der Waals surface area contributed by atoms with Crippen molar-refractivity contribution < 1.29 is 38.2 Å². The normalized spacial score (nSPS) is 29.2. The number of fused-ring (bicyclic) bond motifs is 1. The molecule has 6 N–H and O–H groups in total. The Hall–Kier alpha value is -1.73. The zero-order valence-corrected chi connectivity index (χ0v) is 12.6. The molecule has 3 heterocycles. The Labute approximate surface area is 132 Å². The van der Waals surface area contributed by atoms with Crippen molar-refractivity contribution in [3.63, 3.8) is 0 Å². The first-order chi connectivity index (χ1) is 11.2.